The highest BCUT2D eigenvalue weighted by Crippen LogP contribution is 2.32. The Balaban J connectivity index is 1.94. The number of nitrogens with one attached hydrogen (secondary N) is 2. The van der Waals surface area contributed by atoms with Gasteiger partial charge in [0.2, 0.25) is 0 Å². The normalized spacial score (nSPS) is 13.7. The van der Waals surface area contributed by atoms with Crippen molar-refractivity contribution in [2.75, 3.05) is 11.9 Å². The summed E-state index contributed by atoms with van der Waals surface area (Å²) >= 11 is 1.03. The van der Waals surface area contributed by atoms with Crippen molar-refractivity contribution in [3.8, 4) is 5.75 Å². The van der Waals surface area contributed by atoms with E-state index in [4.69, 9.17) is 4.74 Å². The Hall–Kier alpha value is -2.46. The molecule has 2 aromatic rings. The molecule has 0 saturated heterocycles. The van der Waals surface area contributed by atoms with Crippen molar-refractivity contribution in [3.63, 3.8) is 0 Å². The van der Waals surface area contributed by atoms with Crippen molar-refractivity contribution in [2.24, 2.45) is 0 Å². The summed E-state index contributed by atoms with van der Waals surface area (Å²) in [4.78, 5) is 27.0. The molecule has 1 aliphatic rings. The maximum Gasteiger partial charge on any atom is 0.276 e. The smallest absolute Gasteiger partial charge is 0.276 e. The number of rotatable bonds is 3. The minimum Gasteiger partial charge on any atom is -0.482 e. The van der Waals surface area contributed by atoms with E-state index < -0.39 is 15.9 Å². The molecule has 10 heteroatoms. The molecular weight excluding hydrogens is 342 g/mol. The Kier molecular flexibility index (Phi) is 3.78. The molecular formula is C13H11N3O5S2. The second-order valence-electron chi connectivity index (χ2n) is 4.75. The van der Waals surface area contributed by atoms with E-state index >= 15 is 0 Å². The van der Waals surface area contributed by atoms with Crippen LogP contribution in [-0.4, -0.2) is 31.8 Å². The molecule has 23 heavy (non-hydrogen) atoms. The van der Waals surface area contributed by atoms with Crippen LogP contribution in [0.4, 0.5) is 5.69 Å². The zero-order valence-electron chi connectivity index (χ0n) is 11.8. The molecule has 0 aliphatic carbocycles. The standard InChI is InChI=1S/C13H11N3O5S2/c1-7-2-8-9(21-5-12(17)15-8)3-11(7)23(19,20)16-13(18)10-4-14-6-22-10/h2-4,6H,5H2,1H3,(H,15,17)(H,16,18). The van der Waals surface area contributed by atoms with E-state index in [9.17, 15) is 18.0 Å². The number of aryl methyl sites for hydroxylation is 1. The summed E-state index contributed by atoms with van der Waals surface area (Å²) < 4.78 is 32.0. The number of benzene rings is 1. The highest BCUT2D eigenvalue weighted by atomic mass is 32.2. The summed E-state index contributed by atoms with van der Waals surface area (Å²) in [6.07, 6.45) is 1.29. The largest absolute Gasteiger partial charge is 0.482 e. The number of ether oxygens (including phenoxy) is 1. The van der Waals surface area contributed by atoms with E-state index in [1.165, 1.54) is 23.8 Å². The molecule has 3 rings (SSSR count). The van der Waals surface area contributed by atoms with Crippen LogP contribution in [0.5, 0.6) is 5.75 Å². The van der Waals surface area contributed by atoms with Gasteiger partial charge in [-0.3, -0.25) is 14.6 Å². The molecule has 0 saturated carbocycles. The van der Waals surface area contributed by atoms with Crippen LogP contribution in [-0.2, 0) is 14.8 Å². The van der Waals surface area contributed by atoms with Gasteiger partial charge in [-0.25, -0.2) is 13.1 Å². The first-order valence-electron chi connectivity index (χ1n) is 6.40. The first-order chi connectivity index (χ1) is 10.9. The number of amides is 2. The van der Waals surface area contributed by atoms with Crippen molar-refractivity contribution in [2.45, 2.75) is 11.8 Å². The molecule has 0 radical (unpaired) electrons. The van der Waals surface area contributed by atoms with E-state index in [-0.39, 0.29) is 28.0 Å². The molecule has 0 bridgehead atoms. The lowest BCUT2D eigenvalue weighted by Crippen LogP contribution is -2.31. The molecule has 1 aliphatic heterocycles. The number of carbonyl (C=O) groups is 2. The van der Waals surface area contributed by atoms with Gasteiger partial charge in [0.15, 0.2) is 6.61 Å². The van der Waals surface area contributed by atoms with Gasteiger partial charge in [-0.1, -0.05) is 0 Å². The van der Waals surface area contributed by atoms with Crippen LogP contribution in [0.2, 0.25) is 0 Å². The molecule has 2 amide bonds. The van der Waals surface area contributed by atoms with Gasteiger partial charge in [0.1, 0.15) is 10.6 Å². The second kappa shape index (κ2) is 5.63. The fourth-order valence-corrected chi connectivity index (χ4v) is 3.85. The van der Waals surface area contributed by atoms with E-state index in [0.717, 1.165) is 11.3 Å². The van der Waals surface area contributed by atoms with Gasteiger partial charge in [-0.2, -0.15) is 0 Å². The van der Waals surface area contributed by atoms with Crippen molar-refractivity contribution >= 4 is 38.9 Å². The summed E-state index contributed by atoms with van der Waals surface area (Å²) in [7, 11) is -4.08. The van der Waals surface area contributed by atoms with Crippen LogP contribution in [0.1, 0.15) is 15.2 Å². The van der Waals surface area contributed by atoms with Crippen LogP contribution >= 0.6 is 11.3 Å². The molecule has 0 unspecified atom stereocenters. The van der Waals surface area contributed by atoms with E-state index in [1.807, 2.05) is 4.72 Å². The number of nitrogens with zero attached hydrogens (tertiary/aromatic N) is 1. The fraction of sp³-hybridized carbons (Fsp3) is 0.154. The number of hydrogen-bond acceptors (Lipinski definition) is 7. The lowest BCUT2D eigenvalue weighted by molar-refractivity contribution is -0.118. The summed E-state index contributed by atoms with van der Waals surface area (Å²) in [6, 6.07) is 2.77. The maximum atomic E-state index is 12.4. The van der Waals surface area contributed by atoms with Gasteiger partial charge in [0, 0.05) is 6.07 Å². The first kappa shape index (κ1) is 15.4. The van der Waals surface area contributed by atoms with Gasteiger partial charge >= 0.3 is 0 Å². The van der Waals surface area contributed by atoms with Gasteiger partial charge in [-0.05, 0) is 18.6 Å². The Morgan fingerprint density at radius 3 is 2.91 bits per heavy atom. The van der Waals surface area contributed by atoms with E-state index in [0.29, 0.717) is 11.3 Å². The SMILES string of the molecule is Cc1cc2c(cc1S(=O)(=O)NC(=O)c1cncs1)OCC(=O)N2. The topological polar surface area (TPSA) is 114 Å². The molecule has 0 atom stereocenters. The number of aromatic nitrogens is 1. The van der Waals surface area contributed by atoms with Gasteiger partial charge in [0.25, 0.3) is 21.8 Å². The van der Waals surface area contributed by atoms with Gasteiger partial charge in [0.05, 0.1) is 22.3 Å². The predicted octanol–water partition coefficient (Wildman–Crippen LogP) is 0.901. The Morgan fingerprint density at radius 2 is 2.22 bits per heavy atom. The summed E-state index contributed by atoms with van der Waals surface area (Å²) in [6.45, 7) is 1.37. The summed E-state index contributed by atoms with van der Waals surface area (Å²) in [5, 5.41) is 2.59. The number of anilines is 1. The molecule has 0 fully saturated rings. The predicted molar refractivity (Wildman–Crippen MR) is 82.1 cm³/mol. The van der Waals surface area contributed by atoms with Crippen LogP contribution < -0.4 is 14.8 Å². The number of thiazole rings is 1. The minimum absolute atomic E-state index is 0.0923. The minimum atomic E-state index is -4.08. The van der Waals surface area contributed by atoms with E-state index in [1.54, 1.807) is 6.92 Å². The Labute approximate surface area is 135 Å². The Morgan fingerprint density at radius 1 is 1.43 bits per heavy atom. The molecule has 8 nitrogen and oxygen atoms in total. The van der Waals surface area contributed by atoms with E-state index in [2.05, 4.69) is 10.3 Å². The average molecular weight is 353 g/mol. The van der Waals surface area contributed by atoms with Crippen molar-refractivity contribution in [1.29, 1.82) is 0 Å². The first-order valence-corrected chi connectivity index (χ1v) is 8.76. The second-order valence-corrected chi connectivity index (χ2v) is 7.29. The molecule has 2 heterocycles. The number of carbonyl (C=O) groups excluding carboxylic acids is 2. The van der Waals surface area contributed by atoms with Crippen LogP contribution in [0.25, 0.3) is 0 Å². The van der Waals surface area contributed by atoms with Crippen LogP contribution in [0.3, 0.4) is 0 Å². The highest BCUT2D eigenvalue weighted by Gasteiger charge is 2.25. The number of sulfonamides is 1. The van der Waals surface area contributed by atoms with Crippen LogP contribution in [0.15, 0.2) is 28.7 Å². The van der Waals surface area contributed by atoms with Crippen molar-refractivity contribution in [3.05, 3.63) is 34.3 Å². The van der Waals surface area contributed by atoms with Crippen LogP contribution in [0, 0.1) is 6.92 Å². The molecule has 1 aromatic carbocycles. The summed E-state index contributed by atoms with van der Waals surface area (Å²) in [5.74, 6) is -0.828. The van der Waals surface area contributed by atoms with Gasteiger partial charge < -0.3 is 10.1 Å². The third-order valence-electron chi connectivity index (χ3n) is 3.08. The molecule has 1 aromatic heterocycles. The monoisotopic (exact) mass is 353 g/mol. The molecule has 0 spiro atoms. The lowest BCUT2D eigenvalue weighted by atomic mass is 10.2. The molecule has 120 valence electrons. The number of fused-ring (bicyclic) bond motifs is 1. The fourth-order valence-electron chi connectivity index (χ4n) is 2.06. The number of hydrogen-bond donors (Lipinski definition) is 2. The third-order valence-corrected chi connectivity index (χ3v) is 5.33. The third kappa shape index (κ3) is 3.03. The highest BCUT2D eigenvalue weighted by molar-refractivity contribution is 7.90. The average Bonchev–Trinajstić information content (AvgIpc) is 3.00. The molecule has 2 N–H and O–H groups in total. The zero-order valence-corrected chi connectivity index (χ0v) is 13.5. The Bertz CT molecular complexity index is 891. The van der Waals surface area contributed by atoms with Crippen molar-refractivity contribution < 1.29 is 22.7 Å². The van der Waals surface area contributed by atoms with Gasteiger partial charge in [-0.15, -0.1) is 11.3 Å². The van der Waals surface area contributed by atoms with Crippen molar-refractivity contribution in [1.82, 2.24) is 9.71 Å². The quantitative estimate of drug-likeness (QED) is 0.847. The lowest BCUT2D eigenvalue weighted by Gasteiger charge is -2.20. The summed E-state index contributed by atoms with van der Waals surface area (Å²) in [5.41, 5.74) is 2.20. The maximum absolute atomic E-state index is 12.4. The zero-order chi connectivity index (χ0) is 16.6.